The van der Waals surface area contributed by atoms with Gasteiger partial charge in [0, 0.05) is 24.6 Å². The van der Waals surface area contributed by atoms with Crippen LogP contribution in [0.5, 0.6) is 0 Å². The van der Waals surface area contributed by atoms with Gasteiger partial charge in [-0.15, -0.1) is 0 Å². The molecule has 0 saturated heterocycles. The molecular weight excluding hydrogens is 148 g/mol. The van der Waals surface area contributed by atoms with Gasteiger partial charge >= 0.3 is 0 Å². The van der Waals surface area contributed by atoms with Crippen molar-refractivity contribution in [3.05, 3.63) is 42.2 Å². The van der Waals surface area contributed by atoms with E-state index in [1.54, 1.807) is 0 Å². The van der Waals surface area contributed by atoms with E-state index in [2.05, 4.69) is 0 Å². The van der Waals surface area contributed by atoms with Gasteiger partial charge in [0.15, 0.2) is 0 Å². The Hall–Kier alpha value is -1.44. The third-order valence-electron chi connectivity index (χ3n) is 1.56. The van der Waals surface area contributed by atoms with Gasteiger partial charge in [-0.1, -0.05) is 18.2 Å². The lowest BCUT2D eigenvalue weighted by Crippen LogP contribution is -2.10. The Morgan fingerprint density at radius 2 is 1.92 bits per heavy atom. The minimum Gasteiger partial charge on any atom is -0.401 e. The number of allylic oxidation sites excluding steroid dienone is 1. The van der Waals surface area contributed by atoms with E-state index >= 15 is 0 Å². The van der Waals surface area contributed by atoms with E-state index in [1.807, 2.05) is 55.4 Å². The molecule has 0 bridgehead atoms. The second kappa shape index (κ2) is 3.81. The van der Waals surface area contributed by atoms with Crippen LogP contribution in [0.25, 0.3) is 0 Å². The molecule has 2 N–H and O–H groups in total. The van der Waals surface area contributed by atoms with Crippen molar-refractivity contribution in [3.63, 3.8) is 0 Å². The minimum atomic E-state index is 0.807. The first-order chi connectivity index (χ1) is 5.70. The predicted octanol–water partition coefficient (Wildman–Crippen LogP) is 1.94. The van der Waals surface area contributed by atoms with Crippen molar-refractivity contribution in [1.29, 1.82) is 0 Å². The molecule has 1 rings (SSSR count). The van der Waals surface area contributed by atoms with Crippen LogP contribution >= 0.6 is 0 Å². The van der Waals surface area contributed by atoms with E-state index in [0.29, 0.717) is 0 Å². The van der Waals surface area contributed by atoms with Gasteiger partial charge in [-0.25, -0.2) is 0 Å². The smallest absolute Gasteiger partial charge is 0.0404 e. The molecular formula is C10H14N2. The maximum Gasteiger partial charge on any atom is 0.0404 e. The molecule has 0 spiro atoms. The lowest BCUT2D eigenvalue weighted by molar-refractivity contribution is 1.15. The molecule has 12 heavy (non-hydrogen) atoms. The summed E-state index contributed by atoms with van der Waals surface area (Å²) >= 11 is 0. The second-order valence-corrected chi connectivity index (χ2v) is 2.82. The molecule has 0 amide bonds. The maximum atomic E-state index is 5.55. The number of benzene rings is 1. The summed E-state index contributed by atoms with van der Waals surface area (Å²) in [6.07, 6.45) is 1.90. The Balaban J connectivity index is 2.79. The summed E-state index contributed by atoms with van der Waals surface area (Å²) in [6, 6.07) is 10.1. The van der Waals surface area contributed by atoms with Gasteiger partial charge in [0.1, 0.15) is 0 Å². The molecule has 0 unspecified atom stereocenters. The van der Waals surface area contributed by atoms with Gasteiger partial charge in [-0.05, 0) is 19.1 Å². The summed E-state index contributed by atoms with van der Waals surface area (Å²) < 4.78 is 0. The molecule has 1 aromatic rings. The highest BCUT2D eigenvalue weighted by Gasteiger charge is 1.93. The van der Waals surface area contributed by atoms with Crippen molar-refractivity contribution in [2.45, 2.75) is 6.92 Å². The molecule has 0 aromatic heterocycles. The van der Waals surface area contributed by atoms with Crippen LogP contribution in [-0.2, 0) is 0 Å². The zero-order valence-corrected chi connectivity index (χ0v) is 7.49. The molecule has 0 atom stereocenters. The molecule has 1 aromatic carbocycles. The van der Waals surface area contributed by atoms with Crippen LogP contribution < -0.4 is 10.6 Å². The third-order valence-corrected chi connectivity index (χ3v) is 1.56. The number of hydrogen-bond acceptors (Lipinski definition) is 2. The summed E-state index contributed by atoms with van der Waals surface area (Å²) in [4.78, 5) is 2.00. The van der Waals surface area contributed by atoms with E-state index in [-0.39, 0.29) is 0 Å². The summed E-state index contributed by atoms with van der Waals surface area (Å²) in [7, 11) is 1.98. The zero-order chi connectivity index (χ0) is 8.97. The van der Waals surface area contributed by atoms with Gasteiger partial charge in [0.25, 0.3) is 0 Å². The SMILES string of the molecule is C/C(N)=C/N(C)c1ccccc1. The predicted molar refractivity (Wildman–Crippen MR) is 52.8 cm³/mol. The number of nitrogens with zero attached hydrogens (tertiary/aromatic N) is 1. The van der Waals surface area contributed by atoms with E-state index in [1.165, 1.54) is 0 Å². The van der Waals surface area contributed by atoms with E-state index < -0.39 is 0 Å². The van der Waals surface area contributed by atoms with Crippen molar-refractivity contribution in [2.24, 2.45) is 5.73 Å². The average molecular weight is 162 g/mol. The summed E-state index contributed by atoms with van der Waals surface area (Å²) in [5, 5.41) is 0. The molecule has 2 heteroatoms. The van der Waals surface area contributed by atoms with Crippen LogP contribution in [0, 0.1) is 0 Å². The van der Waals surface area contributed by atoms with Gasteiger partial charge in [0.2, 0.25) is 0 Å². The lowest BCUT2D eigenvalue weighted by Gasteiger charge is -2.13. The molecule has 2 nitrogen and oxygen atoms in total. The largest absolute Gasteiger partial charge is 0.401 e. The molecule has 0 aliphatic rings. The highest BCUT2D eigenvalue weighted by molar-refractivity contribution is 5.48. The van der Waals surface area contributed by atoms with Crippen LogP contribution in [-0.4, -0.2) is 7.05 Å². The fourth-order valence-corrected chi connectivity index (χ4v) is 1.04. The molecule has 0 heterocycles. The van der Waals surface area contributed by atoms with E-state index in [4.69, 9.17) is 5.73 Å². The first-order valence-electron chi connectivity index (χ1n) is 3.92. The zero-order valence-electron chi connectivity index (χ0n) is 7.49. The van der Waals surface area contributed by atoms with Crippen molar-refractivity contribution in [2.75, 3.05) is 11.9 Å². The van der Waals surface area contributed by atoms with Gasteiger partial charge < -0.3 is 10.6 Å². The number of rotatable bonds is 2. The van der Waals surface area contributed by atoms with Crippen LogP contribution in [0.4, 0.5) is 5.69 Å². The Morgan fingerprint density at radius 1 is 1.33 bits per heavy atom. The van der Waals surface area contributed by atoms with Crippen LogP contribution in [0.3, 0.4) is 0 Å². The summed E-state index contributed by atoms with van der Waals surface area (Å²) in [5.41, 5.74) is 7.50. The number of para-hydroxylation sites is 1. The van der Waals surface area contributed by atoms with Crippen molar-refractivity contribution < 1.29 is 0 Å². The standard InChI is InChI=1S/C10H14N2/c1-9(11)8-12(2)10-6-4-3-5-7-10/h3-8H,11H2,1-2H3/b9-8-. The van der Waals surface area contributed by atoms with Crippen molar-refractivity contribution in [3.8, 4) is 0 Å². The summed E-state index contributed by atoms with van der Waals surface area (Å²) in [5.74, 6) is 0. The summed E-state index contributed by atoms with van der Waals surface area (Å²) in [6.45, 7) is 1.87. The fraction of sp³-hybridized carbons (Fsp3) is 0.200. The Bertz CT molecular complexity index is 260. The van der Waals surface area contributed by atoms with Crippen LogP contribution in [0.1, 0.15) is 6.92 Å². The van der Waals surface area contributed by atoms with Gasteiger partial charge in [0.05, 0.1) is 0 Å². The quantitative estimate of drug-likeness (QED) is 0.720. The topological polar surface area (TPSA) is 29.3 Å². The molecule has 0 aliphatic carbocycles. The number of nitrogens with two attached hydrogens (primary N) is 1. The van der Waals surface area contributed by atoms with Crippen molar-refractivity contribution in [1.82, 2.24) is 0 Å². The highest BCUT2D eigenvalue weighted by atomic mass is 15.1. The monoisotopic (exact) mass is 162 g/mol. The van der Waals surface area contributed by atoms with Crippen LogP contribution in [0.2, 0.25) is 0 Å². The molecule has 0 radical (unpaired) electrons. The number of anilines is 1. The first-order valence-corrected chi connectivity index (χ1v) is 3.92. The maximum absolute atomic E-state index is 5.55. The average Bonchev–Trinajstić information content (AvgIpc) is 2.05. The molecule has 0 fully saturated rings. The minimum absolute atomic E-state index is 0.807. The van der Waals surface area contributed by atoms with Crippen LogP contribution in [0.15, 0.2) is 42.2 Å². The third kappa shape index (κ3) is 2.31. The van der Waals surface area contributed by atoms with Crippen molar-refractivity contribution >= 4 is 5.69 Å². The fourth-order valence-electron chi connectivity index (χ4n) is 1.04. The normalized spacial score (nSPS) is 11.3. The molecule has 0 aliphatic heterocycles. The second-order valence-electron chi connectivity index (χ2n) is 2.82. The van der Waals surface area contributed by atoms with Gasteiger partial charge in [-0.3, -0.25) is 0 Å². The van der Waals surface area contributed by atoms with Gasteiger partial charge in [-0.2, -0.15) is 0 Å². The van der Waals surface area contributed by atoms with E-state index in [0.717, 1.165) is 11.4 Å². The lowest BCUT2D eigenvalue weighted by atomic mass is 10.3. The Kier molecular flexibility index (Phi) is 2.75. The highest BCUT2D eigenvalue weighted by Crippen LogP contribution is 2.11. The number of hydrogen-bond donors (Lipinski definition) is 1. The van der Waals surface area contributed by atoms with E-state index in [9.17, 15) is 0 Å². The molecule has 0 saturated carbocycles. The first kappa shape index (κ1) is 8.65. The molecule has 64 valence electrons. The Morgan fingerprint density at radius 3 is 2.42 bits per heavy atom. The Labute approximate surface area is 73.3 Å².